The van der Waals surface area contributed by atoms with Crippen molar-refractivity contribution in [3.05, 3.63) is 54.1 Å². The van der Waals surface area contributed by atoms with Crippen molar-refractivity contribution in [1.29, 1.82) is 0 Å². The lowest BCUT2D eigenvalue weighted by atomic mass is 10.2. The standard InChI is InChI=1S/C16H15F3N2O4S/c1-25-13-4-2-3-11(9-13)15(22)21-12-5-7-14(8-6-12)26(23,24)20-10-16(17,18)19/h2-9,20H,10H2,1H3,(H,21,22). The van der Waals surface area contributed by atoms with Crippen LogP contribution in [-0.4, -0.2) is 34.2 Å². The first-order valence-electron chi connectivity index (χ1n) is 7.22. The van der Waals surface area contributed by atoms with Crippen LogP contribution < -0.4 is 14.8 Å². The molecular weight excluding hydrogens is 373 g/mol. The smallest absolute Gasteiger partial charge is 0.402 e. The van der Waals surface area contributed by atoms with E-state index in [0.29, 0.717) is 11.3 Å². The Morgan fingerprint density at radius 2 is 1.77 bits per heavy atom. The molecule has 1 amide bonds. The van der Waals surface area contributed by atoms with E-state index in [1.807, 2.05) is 0 Å². The Bertz CT molecular complexity index is 881. The molecule has 0 radical (unpaired) electrons. The Morgan fingerprint density at radius 1 is 1.12 bits per heavy atom. The molecule has 2 aromatic rings. The van der Waals surface area contributed by atoms with E-state index in [-0.39, 0.29) is 10.6 Å². The largest absolute Gasteiger partial charge is 0.497 e. The van der Waals surface area contributed by atoms with Gasteiger partial charge in [-0.2, -0.15) is 13.2 Å². The Balaban J connectivity index is 2.08. The van der Waals surface area contributed by atoms with Gasteiger partial charge in [-0.05, 0) is 42.5 Å². The summed E-state index contributed by atoms with van der Waals surface area (Å²) >= 11 is 0. The van der Waals surface area contributed by atoms with Crippen molar-refractivity contribution in [1.82, 2.24) is 4.72 Å². The van der Waals surface area contributed by atoms with Crippen LogP contribution in [0, 0.1) is 0 Å². The number of methoxy groups -OCH3 is 1. The number of amides is 1. The molecule has 6 nitrogen and oxygen atoms in total. The van der Waals surface area contributed by atoms with Crippen LogP contribution in [0.25, 0.3) is 0 Å². The number of sulfonamides is 1. The molecular formula is C16H15F3N2O4S. The number of hydrogen-bond acceptors (Lipinski definition) is 4. The summed E-state index contributed by atoms with van der Waals surface area (Å²) in [4.78, 5) is 11.8. The Morgan fingerprint density at radius 3 is 2.35 bits per heavy atom. The van der Waals surface area contributed by atoms with E-state index in [1.54, 1.807) is 18.2 Å². The van der Waals surface area contributed by atoms with Gasteiger partial charge in [-0.15, -0.1) is 0 Å². The second-order valence-electron chi connectivity index (χ2n) is 5.15. The topological polar surface area (TPSA) is 84.5 Å². The highest BCUT2D eigenvalue weighted by molar-refractivity contribution is 7.89. The molecule has 0 saturated heterocycles. The molecule has 2 N–H and O–H groups in total. The predicted octanol–water partition coefficient (Wildman–Crippen LogP) is 2.79. The minimum Gasteiger partial charge on any atom is -0.497 e. The Labute approximate surface area is 148 Å². The maximum Gasteiger partial charge on any atom is 0.402 e. The predicted molar refractivity (Wildman–Crippen MR) is 88.6 cm³/mol. The SMILES string of the molecule is COc1cccc(C(=O)Nc2ccc(S(=O)(=O)NCC(F)(F)F)cc2)c1. The lowest BCUT2D eigenvalue weighted by Crippen LogP contribution is -2.33. The number of halogens is 3. The normalized spacial score (nSPS) is 11.8. The van der Waals surface area contributed by atoms with Crippen molar-refractivity contribution in [3.63, 3.8) is 0 Å². The highest BCUT2D eigenvalue weighted by atomic mass is 32.2. The molecule has 140 valence electrons. The maximum atomic E-state index is 12.2. The van der Waals surface area contributed by atoms with Crippen LogP contribution in [0.5, 0.6) is 5.75 Å². The molecule has 0 aliphatic heterocycles. The highest BCUT2D eigenvalue weighted by Crippen LogP contribution is 2.18. The van der Waals surface area contributed by atoms with Crippen LogP contribution in [0.4, 0.5) is 18.9 Å². The van der Waals surface area contributed by atoms with Gasteiger partial charge < -0.3 is 10.1 Å². The van der Waals surface area contributed by atoms with Crippen molar-refractivity contribution in [2.45, 2.75) is 11.1 Å². The average molecular weight is 388 g/mol. The van der Waals surface area contributed by atoms with Gasteiger partial charge >= 0.3 is 6.18 Å². The first-order chi connectivity index (χ1) is 12.1. The minimum atomic E-state index is -4.66. The number of hydrogen-bond donors (Lipinski definition) is 2. The summed E-state index contributed by atoms with van der Waals surface area (Å²) in [6.45, 7) is -1.66. The minimum absolute atomic E-state index is 0.285. The van der Waals surface area contributed by atoms with Gasteiger partial charge in [0.05, 0.1) is 12.0 Å². The molecule has 10 heteroatoms. The zero-order valence-electron chi connectivity index (χ0n) is 13.5. The van der Waals surface area contributed by atoms with Crippen molar-refractivity contribution in [2.24, 2.45) is 0 Å². The van der Waals surface area contributed by atoms with Crippen LogP contribution in [0.15, 0.2) is 53.4 Å². The van der Waals surface area contributed by atoms with E-state index in [4.69, 9.17) is 4.74 Å². The second-order valence-corrected chi connectivity index (χ2v) is 6.92. The van der Waals surface area contributed by atoms with Crippen molar-refractivity contribution < 1.29 is 31.1 Å². The molecule has 26 heavy (non-hydrogen) atoms. The molecule has 0 saturated carbocycles. The number of carbonyl (C=O) groups is 1. The molecule has 0 aliphatic rings. The van der Waals surface area contributed by atoms with Crippen LogP contribution in [-0.2, 0) is 10.0 Å². The zero-order chi connectivity index (χ0) is 19.4. The van der Waals surface area contributed by atoms with Crippen LogP contribution in [0.2, 0.25) is 0 Å². The fourth-order valence-corrected chi connectivity index (χ4v) is 2.96. The fraction of sp³-hybridized carbons (Fsp3) is 0.188. The van der Waals surface area contributed by atoms with E-state index in [9.17, 15) is 26.4 Å². The number of ether oxygens (including phenoxy) is 1. The number of rotatable bonds is 6. The quantitative estimate of drug-likeness (QED) is 0.797. The number of benzene rings is 2. The summed E-state index contributed by atoms with van der Waals surface area (Å²) in [5.41, 5.74) is 0.612. The van der Waals surface area contributed by atoms with Gasteiger partial charge in [-0.1, -0.05) is 6.07 Å². The summed E-state index contributed by atoms with van der Waals surface area (Å²) in [6.07, 6.45) is -4.66. The zero-order valence-corrected chi connectivity index (χ0v) is 14.3. The third kappa shape index (κ3) is 5.46. The van der Waals surface area contributed by atoms with Gasteiger partial charge in [0.25, 0.3) is 5.91 Å². The highest BCUT2D eigenvalue weighted by Gasteiger charge is 2.30. The average Bonchev–Trinajstić information content (AvgIpc) is 2.60. The van der Waals surface area contributed by atoms with Crippen LogP contribution in [0.3, 0.4) is 0 Å². The molecule has 0 atom stereocenters. The van der Waals surface area contributed by atoms with E-state index >= 15 is 0 Å². The molecule has 0 unspecified atom stereocenters. The molecule has 2 aromatic carbocycles. The van der Waals surface area contributed by atoms with Gasteiger partial charge in [0.15, 0.2) is 0 Å². The third-order valence-electron chi connectivity index (χ3n) is 3.22. The van der Waals surface area contributed by atoms with Gasteiger partial charge in [0, 0.05) is 11.3 Å². The maximum absolute atomic E-state index is 12.2. The third-order valence-corrected chi connectivity index (χ3v) is 4.63. The summed E-state index contributed by atoms with van der Waals surface area (Å²) < 4.78 is 66.5. The fourth-order valence-electron chi connectivity index (χ4n) is 1.95. The number of anilines is 1. The van der Waals surface area contributed by atoms with Crippen molar-refractivity contribution >= 4 is 21.6 Å². The molecule has 0 aliphatic carbocycles. The van der Waals surface area contributed by atoms with E-state index < -0.39 is 28.7 Å². The van der Waals surface area contributed by atoms with Gasteiger partial charge in [-0.3, -0.25) is 4.79 Å². The van der Waals surface area contributed by atoms with E-state index in [2.05, 4.69) is 5.32 Å². The number of carbonyl (C=O) groups excluding carboxylic acids is 1. The van der Waals surface area contributed by atoms with E-state index in [0.717, 1.165) is 12.1 Å². The van der Waals surface area contributed by atoms with Gasteiger partial charge in [-0.25, -0.2) is 13.1 Å². The summed E-state index contributed by atoms with van der Waals surface area (Å²) in [7, 11) is -2.84. The van der Waals surface area contributed by atoms with Crippen molar-refractivity contribution in [3.8, 4) is 5.75 Å². The van der Waals surface area contributed by atoms with Gasteiger partial charge in [0.2, 0.25) is 10.0 Å². The Hall–Kier alpha value is -2.59. The Kier molecular flexibility index (Phi) is 5.88. The van der Waals surface area contributed by atoms with Crippen molar-refractivity contribution in [2.75, 3.05) is 19.0 Å². The molecule has 0 heterocycles. The molecule has 0 spiro atoms. The van der Waals surface area contributed by atoms with Crippen LogP contribution in [0.1, 0.15) is 10.4 Å². The first-order valence-corrected chi connectivity index (χ1v) is 8.71. The molecule has 0 bridgehead atoms. The number of nitrogens with one attached hydrogen (secondary N) is 2. The first kappa shape index (κ1) is 19.7. The number of alkyl halides is 3. The van der Waals surface area contributed by atoms with Gasteiger partial charge in [0.1, 0.15) is 12.3 Å². The van der Waals surface area contributed by atoms with Crippen LogP contribution >= 0.6 is 0 Å². The second kappa shape index (κ2) is 7.75. The summed E-state index contributed by atoms with van der Waals surface area (Å²) in [5.74, 6) is 0.0459. The molecule has 0 aromatic heterocycles. The lowest BCUT2D eigenvalue weighted by molar-refractivity contribution is -0.121. The summed E-state index contributed by atoms with van der Waals surface area (Å²) in [5, 5.41) is 2.55. The molecule has 0 fully saturated rings. The molecule has 2 rings (SSSR count). The lowest BCUT2D eigenvalue weighted by Gasteiger charge is -2.10. The monoisotopic (exact) mass is 388 g/mol. The van der Waals surface area contributed by atoms with E-state index in [1.165, 1.54) is 30.0 Å². The summed E-state index contributed by atoms with van der Waals surface area (Å²) in [6, 6.07) is 11.1.